The molecule has 8 heteroatoms. The molecule has 1 atom stereocenters. The Bertz CT molecular complexity index is 633. The Labute approximate surface area is 143 Å². The molecular weight excluding hydrogens is 338 g/mol. The van der Waals surface area contributed by atoms with Crippen molar-refractivity contribution in [2.24, 2.45) is 11.7 Å². The van der Waals surface area contributed by atoms with Crippen LogP contribution in [0.4, 0.5) is 5.69 Å². The molecule has 1 aliphatic carbocycles. The highest BCUT2D eigenvalue weighted by molar-refractivity contribution is 7.92. The maximum Gasteiger partial charge on any atom is 0.251 e. The summed E-state index contributed by atoms with van der Waals surface area (Å²) in [6.45, 7) is 2.22. The fourth-order valence-electron chi connectivity index (χ4n) is 2.34. The number of amides is 1. The lowest BCUT2D eigenvalue weighted by Gasteiger charge is -2.16. The fraction of sp³-hybridized carbons (Fsp3) is 0.533. The van der Waals surface area contributed by atoms with Gasteiger partial charge in [-0.3, -0.25) is 9.52 Å². The summed E-state index contributed by atoms with van der Waals surface area (Å²) >= 11 is 0. The highest BCUT2D eigenvalue weighted by Crippen LogP contribution is 2.32. The highest BCUT2D eigenvalue weighted by Gasteiger charge is 2.31. The number of hydrogen-bond donors (Lipinski definition) is 3. The van der Waals surface area contributed by atoms with Crippen LogP contribution in [0.5, 0.6) is 0 Å². The third kappa shape index (κ3) is 6.01. The lowest BCUT2D eigenvalue weighted by molar-refractivity contribution is 0.0933. The molecule has 130 valence electrons. The predicted octanol–water partition coefficient (Wildman–Crippen LogP) is 1.73. The Kier molecular flexibility index (Phi) is 7.31. The van der Waals surface area contributed by atoms with Crippen LogP contribution >= 0.6 is 12.4 Å². The van der Waals surface area contributed by atoms with E-state index in [0.717, 1.165) is 12.8 Å². The molecule has 1 aliphatic rings. The van der Waals surface area contributed by atoms with Gasteiger partial charge in [-0.1, -0.05) is 13.0 Å². The van der Waals surface area contributed by atoms with Crippen molar-refractivity contribution in [3.63, 3.8) is 0 Å². The first-order valence-electron chi connectivity index (χ1n) is 7.56. The zero-order chi connectivity index (χ0) is 16.2. The molecule has 0 saturated heterocycles. The van der Waals surface area contributed by atoms with Crippen LogP contribution in [0.25, 0.3) is 0 Å². The van der Waals surface area contributed by atoms with Gasteiger partial charge in [-0.15, -0.1) is 12.4 Å². The summed E-state index contributed by atoms with van der Waals surface area (Å²) in [6.07, 6.45) is 2.73. The molecule has 23 heavy (non-hydrogen) atoms. The lowest BCUT2D eigenvalue weighted by Crippen LogP contribution is -2.41. The van der Waals surface area contributed by atoms with Crippen molar-refractivity contribution in [1.29, 1.82) is 0 Å². The second-order valence-electron chi connectivity index (χ2n) is 5.65. The molecule has 1 aromatic carbocycles. The Morgan fingerprint density at radius 2 is 2.09 bits per heavy atom. The van der Waals surface area contributed by atoms with Gasteiger partial charge in [0.05, 0.1) is 5.75 Å². The van der Waals surface area contributed by atoms with Gasteiger partial charge in [0, 0.05) is 23.8 Å². The van der Waals surface area contributed by atoms with Crippen LogP contribution < -0.4 is 15.8 Å². The average Bonchev–Trinajstić information content (AvgIpc) is 3.28. The largest absolute Gasteiger partial charge is 0.348 e. The van der Waals surface area contributed by atoms with Crippen molar-refractivity contribution >= 4 is 34.0 Å². The van der Waals surface area contributed by atoms with Crippen LogP contribution in [-0.4, -0.2) is 32.7 Å². The standard InChI is InChI=1S/C15H23N3O3S.ClH/c1-2-8-22(20,21)18-13-5-3-4-12(9-13)15(19)17-14(10-16)11-6-7-11;/h3-5,9,11,14,18H,2,6-8,10,16H2,1H3,(H,17,19);1H. The zero-order valence-electron chi connectivity index (χ0n) is 13.1. The van der Waals surface area contributed by atoms with Gasteiger partial charge >= 0.3 is 0 Å². The topological polar surface area (TPSA) is 101 Å². The van der Waals surface area contributed by atoms with E-state index in [2.05, 4.69) is 10.0 Å². The summed E-state index contributed by atoms with van der Waals surface area (Å²) in [5.41, 5.74) is 6.51. The molecule has 1 fully saturated rings. The van der Waals surface area contributed by atoms with Gasteiger partial charge in [-0.05, 0) is 43.4 Å². The summed E-state index contributed by atoms with van der Waals surface area (Å²) < 4.78 is 26.0. The normalized spacial score (nSPS) is 15.4. The molecule has 1 amide bonds. The van der Waals surface area contributed by atoms with Crippen LogP contribution in [0, 0.1) is 5.92 Å². The van der Waals surface area contributed by atoms with Gasteiger partial charge < -0.3 is 11.1 Å². The van der Waals surface area contributed by atoms with Gasteiger partial charge in [-0.25, -0.2) is 8.42 Å². The summed E-state index contributed by atoms with van der Waals surface area (Å²) in [6, 6.07) is 6.49. The molecule has 6 nitrogen and oxygen atoms in total. The Hall–Kier alpha value is -1.31. The molecule has 0 aromatic heterocycles. The van der Waals surface area contributed by atoms with Crippen molar-refractivity contribution in [3.05, 3.63) is 29.8 Å². The van der Waals surface area contributed by atoms with Crippen molar-refractivity contribution < 1.29 is 13.2 Å². The number of nitrogens with two attached hydrogens (primary N) is 1. The number of sulfonamides is 1. The number of carbonyl (C=O) groups excluding carboxylic acids is 1. The van der Waals surface area contributed by atoms with Crippen LogP contribution in [0.15, 0.2) is 24.3 Å². The van der Waals surface area contributed by atoms with E-state index in [-0.39, 0.29) is 30.1 Å². The molecule has 2 rings (SSSR count). The van der Waals surface area contributed by atoms with Crippen molar-refractivity contribution in [1.82, 2.24) is 5.32 Å². The summed E-state index contributed by atoms with van der Waals surface area (Å²) in [5, 5.41) is 2.92. The third-order valence-electron chi connectivity index (χ3n) is 3.63. The molecule has 1 saturated carbocycles. The number of halogens is 1. The number of carbonyl (C=O) groups is 1. The first kappa shape index (κ1) is 19.7. The smallest absolute Gasteiger partial charge is 0.251 e. The predicted molar refractivity (Wildman–Crippen MR) is 94.4 cm³/mol. The number of benzene rings is 1. The summed E-state index contributed by atoms with van der Waals surface area (Å²) in [4.78, 5) is 12.2. The quantitative estimate of drug-likeness (QED) is 0.656. The van der Waals surface area contributed by atoms with E-state index in [1.165, 1.54) is 0 Å². The summed E-state index contributed by atoms with van der Waals surface area (Å²) in [7, 11) is -3.36. The van der Waals surface area contributed by atoms with Gasteiger partial charge in [-0.2, -0.15) is 0 Å². The monoisotopic (exact) mass is 361 g/mol. The lowest BCUT2D eigenvalue weighted by atomic mass is 10.1. The fourth-order valence-corrected chi connectivity index (χ4v) is 3.47. The van der Waals surface area contributed by atoms with Gasteiger partial charge in [0.15, 0.2) is 0 Å². The maximum absolute atomic E-state index is 12.2. The number of anilines is 1. The van der Waals surface area contributed by atoms with E-state index >= 15 is 0 Å². The number of hydrogen-bond acceptors (Lipinski definition) is 4. The first-order chi connectivity index (χ1) is 10.4. The minimum absolute atomic E-state index is 0. The second kappa shape index (κ2) is 8.52. The van der Waals surface area contributed by atoms with Gasteiger partial charge in [0.25, 0.3) is 5.91 Å². The summed E-state index contributed by atoms with van der Waals surface area (Å²) in [5.74, 6) is 0.305. The minimum atomic E-state index is -3.36. The zero-order valence-corrected chi connectivity index (χ0v) is 14.8. The van der Waals surface area contributed by atoms with Gasteiger partial charge in [0.1, 0.15) is 0 Å². The van der Waals surface area contributed by atoms with E-state index < -0.39 is 10.0 Å². The second-order valence-corrected chi connectivity index (χ2v) is 7.50. The molecule has 0 spiro atoms. The molecule has 0 radical (unpaired) electrons. The van der Waals surface area contributed by atoms with Gasteiger partial charge in [0.2, 0.25) is 10.0 Å². The van der Waals surface area contributed by atoms with E-state index in [1.54, 1.807) is 31.2 Å². The van der Waals surface area contributed by atoms with E-state index in [9.17, 15) is 13.2 Å². The molecule has 0 bridgehead atoms. The van der Waals surface area contributed by atoms with Crippen molar-refractivity contribution in [2.75, 3.05) is 17.0 Å². The molecule has 0 heterocycles. The van der Waals surface area contributed by atoms with Crippen LogP contribution in [0.2, 0.25) is 0 Å². The Morgan fingerprint density at radius 1 is 1.39 bits per heavy atom. The average molecular weight is 362 g/mol. The maximum atomic E-state index is 12.2. The Morgan fingerprint density at radius 3 is 2.65 bits per heavy atom. The van der Waals surface area contributed by atoms with E-state index in [0.29, 0.717) is 30.1 Å². The minimum Gasteiger partial charge on any atom is -0.348 e. The molecular formula is C15H24ClN3O3S. The van der Waals surface area contributed by atoms with E-state index in [1.807, 2.05) is 0 Å². The Balaban J connectivity index is 0.00000264. The first-order valence-corrected chi connectivity index (χ1v) is 9.22. The highest BCUT2D eigenvalue weighted by atomic mass is 35.5. The molecule has 1 aromatic rings. The third-order valence-corrected chi connectivity index (χ3v) is 5.12. The number of rotatable bonds is 8. The van der Waals surface area contributed by atoms with E-state index in [4.69, 9.17) is 5.73 Å². The van der Waals surface area contributed by atoms with Crippen LogP contribution in [0.3, 0.4) is 0 Å². The van der Waals surface area contributed by atoms with Crippen molar-refractivity contribution in [2.45, 2.75) is 32.2 Å². The molecule has 4 N–H and O–H groups in total. The number of nitrogens with one attached hydrogen (secondary N) is 2. The SMILES string of the molecule is CCCS(=O)(=O)Nc1cccc(C(=O)NC(CN)C2CC2)c1.Cl. The molecule has 0 aliphatic heterocycles. The van der Waals surface area contributed by atoms with Crippen molar-refractivity contribution in [3.8, 4) is 0 Å². The van der Waals surface area contributed by atoms with Crippen LogP contribution in [-0.2, 0) is 10.0 Å². The molecule has 1 unspecified atom stereocenters. The van der Waals surface area contributed by atoms with Crippen LogP contribution in [0.1, 0.15) is 36.5 Å².